The molecule has 0 atom stereocenters. The number of ketones is 1. The molecule has 0 amide bonds. The number of benzene rings is 2. The van der Waals surface area contributed by atoms with E-state index in [0.717, 1.165) is 17.1 Å². The number of carbonyl (C=O) groups excluding carboxylic acids is 1. The van der Waals surface area contributed by atoms with Crippen LogP contribution in [0, 0.1) is 19.3 Å². The van der Waals surface area contributed by atoms with Gasteiger partial charge in [0, 0.05) is 22.5 Å². The summed E-state index contributed by atoms with van der Waals surface area (Å²) in [4.78, 5) is 17.8. The molecule has 0 bridgehead atoms. The van der Waals surface area contributed by atoms with E-state index in [1.165, 1.54) is 5.56 Å². The van der Waals surface area contributed by atoms with Crippen molar-refractivity contribution in [2.75, 3.05) is 11.9 Å². The van der Waals surface area contributed by atoms with E-state index >= 15 is 0 Å². The fourth-order valence-electron chi connectivity index (χ4n) is 3.14. The van der Waals surface area contributed by atoms with Crippen LogP contribution in [0.1, 0.15) is 52.6 Å². The van der Waals surface area contributed by atoms with Crippen LogP contribution in [0.5, 0.6) is 5.75 Å². The fraction of sp³-hybridized carbons (Fsp3) is 0.231. The molecule has 152 valence electrons. The zero-order chi connectivity index (χ0) is 21.5. The van der Waals surface area contributed by atoms with Gasteiger partial charge in [0.15, 0.2) is 5.78 Å². The van der Waals surface area contributed by atoms with E-state index in [1.54, 1.807) is 6.07 Å². The number of ether oxygens (including phenoxy) is 1. The lowest BCUT2D eigenvalue weighted by Crippen LogP contribution is -2.10. The number of hydrogen-bond donors (Lipinski definition) is 1. The quantitative estimate of drug-likeness (QED) is 0.409. The molecule has 0 saturated carbocycles. The summed E-state index contributed by atoms with van der Waals surface area (Å²) in [6.07, 6.45) is 5.30. The highest BCUT2D eigenvalue weighted by Gasteiger charge is 2.16. The summed E-state index contributed by atoms with van der Waals surface area (Å²) >= 11 is 0. The molecule has 0 unspecified atom stereocenters. The summed E-state index contributed by atoms with van der Waals surface area (Å²) in [7, 11) is 0. The molecule has 4 heteroatoms. The maximum absolute atomic E-state index is 13.3. The van der Waals surface area contributed by atoms with Crippen molar-refractivity contribution in [3.8, 4) is 18.1 Å². The molecule has 1 aromatic heterocycles. The van der Waals surface area contributed by atoms with Gasteiger partial charge in [-0.3, -0.25) is 9.78 Å². The van der Waals surface area contributed by atoms with Crippen molar-refractivity contribution in [3.63, 3.8) is 0 Å². The van der Waals surface area contributed by atoms with E-state index in [0.29, 0.717) is 29.3 Å². The molecular weight excluding hydrogens is 372 g/mol. The standard InChI is InChI=1S/C26H26N2O2/c1-5-15-30-23-13-14-25(27-17-22-8-6-7-19(4)28-22)24(16-23)26(29)21-11-9-20(10-12-21)18(2)3/h1,6-14,16,18,27H,15,17H2,2-4H3. The average Bonchev–Trinajstić information content (AvgIpc) is 2.76. The van der Waals surface area contributed by atoms with E-state index in [-0.39, 0.29) is 12.4 Å². The number of carbonyl (C=O) groups is 1. The van der Waals surface area contributed by atoms with Gasteiger partial charge in [0.05, 0.1) is 12.2 Å². The number of aromatic nitrogens is 1. The van der Waals surface area contributed by atoms with Crippen LogP contribution in [-0.4, -0.2) is 17.4 Å². The Hall–Kier alpha value is -3.58. The second-order valence-electron chi connectivity index (χ2n) is 7.43. The van der Waals surface area contributed by atoms with Crippen LogP contribution >= 0.6 is 0 Å². The molecular formula is C26H26N2O2. The first-order valence-electron chi connectivity index (χ1n) is 9.99. The Bertz CT molecular complexity index is 1060. The van der Waals surface area contributed by atoms with Crippen molar-refractivity contribution in [3.05, 3.63) is 88.7 Å². The average molecular weight is 399 g/mol. The van der Waals surface area contributed by atoms with Crippen LogP contribution in [0.2, 0.25) is 0 Å². The lowest BCUT2D eigenvalue weighted by Gasteiger charge is -2.14. The van der Waals surface area contributed by atoms with E-state index < -0.39 is 0 Å². The van der Waals surface area contributed by atoms with Gasteiger partial charge in [-0.1, -0.05) is 50.1 Å². The first-order chi connectivity index (χ1) is 14.5. The van der Waals surface area contributed by atoms with E-state index in [1.807, 2.05) is 61.5 Å². The lowest BCUT2D eigenvalue weighted by molar-refractivity contribution is 0.103. The Morgan fingerprint density at radius 1 is 1.13 bits per heavy atom. The van der Waals surface area contributed by atoms with Crippen LogP contribution in [0.3, 0.4) is 0 Å². The van der Waals surface area contributed by atoms with Crippen molar-refractivity contribution in [1.82, 2.24) is 4.98 Å². The minimum absolute atomic E-state index is 0.0730. The molecule has 0 saturated heterocycles. The molecule has 0 aliphatic carbocycles. The predicted molar refractivity (Wildman–Crippen MR) is 121 cm³/mol. The monoisotopic (exact) mass is 398 g/mol. The van der Waals surface area contributed by atoms with Crippen LogP contribution in [0.25, 0.3) is 0 Å². The van der Waals surface area contributed by atoms with Crippen LogP contribution < -0.4 is 10.1 Å². The number of pyridine rings is 1. The van der Waals surface area contributed by atoms with Crippen LogP contribution in [0.4, 0.5) is 5.69 Å². The minimum Gasteiger partial charge on any atom is -0.481 e. The molecule has 0 fully saturated rings. The van der Waals surface area contributed by atoms with E-state index in [2.05, 4.69) is 30.1 Å². The smallest absolute Gasteiger partial charge is 0.195 e. The van der Waals surface area contributed by atoms with E-state index in [9.17, 15) is 4.79 Å². The van der Waals surface area contributed by atoms with Crippen LogP contribution in [-0.2, 0) is 6.54 Å². The summed E-state index contributed by atoms with van der Waals surface area (Å²) in [6.45, 7) is 6.88. The van der Waals surface area contributed by atoms with Gasteiger partial charge < -0.3 is 10.1 Å². The van der Waals surface area contributed by atoms with Crippen molar-refractivity contribution >= 4 is 11.5 Å². The number of rotatable bonds is 8. The van der Waals surface area contributed by atoms with Crippen molar-refractivity contribution in [1.29, 1.82) is 0 Å². The van der Waals surface area contributed by atoms with Gasteiger partial charge in [-0.2, -0.15) is 0 Å². The molecule has 4 nitrogen and oxygen atoms in total. The molecule has 3 aromatic rings. The summed E-state index contributed by atoms with van der Waals surface area (Å²) in [6, 6.07) is 19.0. The maximum Gasteiger partial charge on any atom is 0.195 e. The molecule has 1 heterocycles. The van der Waals surface area contributed by atoms with Gasteiger partial charge in [-0.15, -0.1) is 6.42 Å². The third-order valence-electron chi connectivity index (χ3n) is 4.80. The lowest BCUT2D eigenvalue weighted by atomic mass is 9.97. The first kappa shape index (κ1) is 21.1. The van der Waals surface area contributed by atoms with Gasteiger partial charge in [0.2, 0.25) is 0 Å². The SMILES string of the molecule is C#CCOc1ccc(NCc2cccc(C)n2)c(C(=O)c2ccc(C(C)C)cc2)c1. The Kier molecular flexibility index (Phi) is 6.87. The largest absolute Gasteiger partial charge is 0.481 e. The molecule has 0 aliphatic heterocycles. The Morgan fingerprint density at radius 2 is 1.90 bits per heavy atom. The third-order valence-corrected chi connectivity index (χ3v) is 4.80. The first-order valence-corrected chi connectivity index (χ1v) is 9.99. The number of nitrogens with one attached hydrogen (secondary N) is 1. The molecule has 2 aromatic carbocycles. The predicted octanol–water partition coefficient (Wildman–Crippen LogP) is 5.37. The molecule has 30 heavy (non-hydrogen) atoms. The van der Waals surface area contributed by atoms with Gasteiger partial charge in [-0.25, -0.2) is 0 Å². The van der Waals surface area contributed by atoms with Crippen molar-refractivity contribution in [2.45, 2.75) is 33.2 Å². The highest BCUT2D eigenvalue weighted by Crippen LogP contribution is 2.26. The highest BCUT2D eigenvalue weighted by molar-refractivity contribution is 6.12. The van der Waals surface area contributed by atoms with Gasteiger partial charge >= 0.3 is 0 Å². The second kappa shape index (κ2) is 9.76. The molecule has 3 rings (SSSR count). The third kappa shape index (κ3) is 5.27. The topological polar surface area (TPSA) is 51.2 Å². The maximum atomic E-state index is 13.3. The Morgan fingerprint density at radius 3 is 2.57 bits per heavy atom. The second-order valence-corrected chi connectivity index (χ2v) is 7.43. The fourth-order valence-corrected chi connectivity index (χ4v) is 3.14. The van der Waals surface area contributed by atoms with Crippen LogP contribution in [0.15, 0.2) is 60.7 Å². The highest BCUT2D eigenvalue weighted by atomic mass is 16.5. The summed E-state index contributed by atoms with van der Waals surface area (Å²) in [5.41, 5.74) is 4.95. The van der Waals surface area contributed by atoms with Crippen molar-refractivity contribution < 1.29 is 9.53 Å². The molecule has 0 radical (unpaired) electrons. The molecule has 0 aliphatic rings. The minimum atomic E-state index is -0.0730. The Labute approximate surface area is 178 Å². The number of hydrogen-bond acceptors (Lipinski definition) is 4. The zero-order valence-electron chi connectivity index (χ0n) is 17.6. The number of terminal acetylenes is 1. The summed E-state index contributed by atoms with van der Waals surface area (Å²) < 4.78 is 5.54. The molecule has 1 N–H and O–H groups in total. The summed E-state index contributed by atoms with van der Waals surface area (Å²) in [5.74, 6) is 3.35. The normalized spacial score (nSPS) is 10.5. The zero-order valence-corrected chi connectivity index (χ0v) is 17.6. The van der Waals surface area contributed by atoms with Gasteiger partial charge in [0.1, 0.15) is 12.4 Å². The number of nitrogens with zero attached hydrogens (tertiary/aromatic N) is 1. The number of aryl methyl sites for hydroxylation is 1. The summed E-state index contributed by atoms with van der Waals surface area (Å²) in [5, 5.41) is 3.34. The molecule has 0 spiro atoms. The van der Waals surface area contributed by atoms with Gasteiger partial charge in [0.25, 0.3) is 0 Å². The van der Waals surface area contributed by atoms with Gasteiger partial charge in [-0.05, 0) is 48.7 Å². The van der Waals surface area contributed by atoms with E-state index in [4.69, 9.17) is 11.2 Å². The van der Waals surface area contributed by atoms with Crippen molar-refractivity contribution in [2.24, 2.45) is 0 Å². The Balaban J connectivity index is 1.90. The number of anilines is 1.